The first kappa shape index (κ1) is 15.5. The highest BCUT2D eigenvalue weighted by Gasteiger charge is 2.21. The van der Waals surface area contributed by atoms with Gasteiger partial charge in [0.05, 0.1) is 6.61 Å². The third kappa shape index (κ3) is 3.52. The minimum absolute atomic E-state index is 0.00248. The van der Waals surface area contributed by atoms with Crippen LogP contribution in [0, 0.1) is 18.3 Å². The molecule has 1 aromatic heterocycles. The fourth-order valence-electron chi connectivity index (χ4n) is 2.56. The minimum Gasteiger partial charge on any atom is -0.380 e. The molecule has 3 rings (SSSR count). The van der Waals surface area contributed by atoms with Gasteiger partial charge in [-0.3, -0.25) is 4.79 Å². The number of nitrogens with zero attached hydrogens (tertiary/aromatic N) is 2. The SMILES string of the molecule is Cc1cc(NCc2ccc(C#N)s2)ccc1N1CCOCC1=O. The van der Waals surface area contributed by atoms with E-state index >= 15 is 0 Å². The second-order valence-corrected chi connectivity index (χ2v) is 6.50. The molecule has 1 aliphatic rings. The molecule has 2 heterocycles. The van der Waals surface area contributed by atoms with Crippen molar-refractivity contribution in [1.29, 1.82) is 5.26 Å². The fourth-order valence-corrected chi connectivity index (χ4v) is 3.31. The number of carbonyl (C=O) groups excluding carboxylic acids is 1. The number of nitriles is 1. The van der Waals surface area contributed by atoms with Gasteiger partial charge in [-0.2, -0.15) is 5.26 Å². The van der Waals surface area contributed by atoms with Crippen molar-refractivity contribution in [3.8, 4) is 6.07 Å². The van der Waals surface area contributed by atoms with E-state index in [-0.39, 0.29) is 12.5 Å². The lowest BCUT2D eigenvalue weighted by Gasteiger charge is -2.28. The average Bonchev–Trinajstić information content (AvgIpc) is 3.02. The van der Waals surface area contributed by atoms with Crippen LogP contribution in [-0.4, -0.2) is 25.7 Å². The molecule has 6 heteroatoms. The molecule has 1 fully saturated rings. The number of morpholine rings is 1. The Morgan fingerprint density at radius 3 is 2.96 bits per heavy atom. The van der Waals surface area contributed by atoms with Crippen LogP contribution in [0.3, 0.4) is 0 Å². The van der Waals surface area contributed by atoms with Crippen molar-refractivity contribution in [2.75, 3.05) is 30.0 Å². The Balaban J connectivity index is 1.69. The van der Waals surface area contributed by atoms with E-state index in [1.807, 2.05) is 37.3 Å². The van der Waals surface area contributed by atoms with Gasteiger partial charge in [0.2, 0.25) is 0 Å². The summed E-state index contributed by atoms with van der Waals surface area (Å²) >= 11 is 1.49. The van der Waals surface area contributed by atoms with Gasteiger partial charge in [0.15, 0.2) is 0 Å². The number of amides is 1. The Hall–Kier alpha value is -2.36. The highest BCUT2D eigenvalue weighted by molar-refractivity contribution is 7.12. The van der Waals surface area contributed by atoms with Crippen molar-refractivity contribution in [1.82, 2.24) is 0 Å². The summed E-state index contributed by atoms with van der Waals surface area (Å²) in [5.74, 6) is 0.00248. The Kier molecular flexibility index (Phi) is 4.60. The second kappa shape index (κ2) is 6.82. The number of ether oxygens (including phenoxy) is 1. The maximum Gasteiger partial charge on any atom is 0.253 e. The smallest absolute Gasteiger partial charge is 0.253 e. The summed E-state index contributed by atoms with van der Waals surface area (Å²) in [5.41, 5.74) is 2.99. The zero-order chi connectivity index (χ0) is 16.2. The minimum atomic E-state index is 0.00248. The van der Waals surface area contributed by atoms with Gasteiger partial charge in [0, 0.05) is 29.3 Å². The number of hydrogen-bond acceptors (Lipinski definition) is 5. The lowest BCUT2D eigenvalue weighted by atomic mass is 10.1. The van der Waals surface area contributed by atoms with Gasteiger partial charge >= 0.3 is 0 Å². The van der Waals surface area contributed by atoms with E-state index in [4.69, 9.17) is 10.00 Å². The summed E-state index contributed by atoms with van der Waals surface area (Å²) in [6.07, 6.45) is 0. The first-order chi connectivity index (χ1) is 11.2. The quantitative estimate of drug-likeness (QED) is 0.938. The maximum absolute atomic E-state index is 11.9. The average molecular weight is 327 g/mol. The van der Waals surface area contributed by atoms with Crippen LogP contribution in [0.1, 0.15) is 15.3 Å². The molecule has 0 atom stereocenters. The number of carbonyl (C=O) groups is 1. The summed E-state index contributed by atoms with van der Waals surface area (Å²) in [6.45, 7) is 4.01. The fraction of sp³-hybridized carbons (Fsp3) is 0.294. The molecule has 2 aromatic rings. The van der Waals surface area contributed by atoms with E-state index in [0.717, 1.165) is 26.7 Å². The Morgan fingerprint density at radius 2 is 2.26 bits per heavy atom. The number of hydrogen-bond donors (Lipinski definition) is 1. The first-order valence-corrected chi connectivity index (χ1v) is 8.20. The van der Waals surface area contributed by atoms with Crippen molar-refractivity contribution in [2.45, 2.75) is 13.5 Å². The van der Waals surface area contributed by atoms with Crippen LogP contribution in [0.15, 0.2) is 30.3 Å². The van der Waals surface area contributed by atoms with Crippen LogP contribution in [0.4, 0.5) is 11.4 Å². The number of benzene rings is 1. The van der Waals surface area contributed by atoms with Crippen LogP contribution < -0.4 is 10.2 Å². The molecule has 0 unspecified atom stereocenters. The third-order valence-corrected chi connectivity index (χ3v) is 4.70. The van der Waals surface area contributed by atoms with Crippen molar-refractivity contribution in [3.05, 3.63) is 45.6 Å². The molecule has 118 valence electrons. The summed E-state index contributed by atoms with van der Waals surface area (Å²) in [5, 5.41) is 12.2. The molecular weight excluding hydrogens is 310 g/mol. The standard InChI is InChI=1S/C17H17N3O2S/c1-12-8-13(19-10-15-4-3-14(9-18)23-15)2-5-16(12)20-6-7-22-11-17(20)21/h2-5,8,19H,6-7,10-11H2,1H3. The second-order valence-electron chi connectivity index (χ2n) is 5.33. The Morgan fingerprint density at radius 1 is 1.39 bits per heavy atom. The normalized spacial score (nSPS) is 14.6. The topological polar surface area (TPSA) is 65.4 Å². The van der Waals surface area contributed by atoms with E-state index in [2.05, 4.69) is 11.4 Å². The largest absolute Gasteiger partial charge is 0.380 e. The summed E-state index contributed by atoms with van der Waals surface area (Å²) in [7, 11) is 0. The molecule has 0 bridgehead atoms. The third-order valence-electron chi connectivity index (χ3n) is 3.71. The summed E-state index contributed by atoms with van der Waals surface area (Å²) in [6, 6.07) is 11.9. The molecule has 1 N–H and O–H groups in total. The summed E-state index contributed by atoms with van der Waals surface area (Å²) < 4.78 is 5.17. The summed E-state index contributed by atoms with van der Waals surface area (Å²) in [4.78, 5) is 15.6. The van der Waals surface area contributed by atoms with Crippen LogP contribution >= 0.6 is 11.3 Å². The number of nitrogens with one attached hydrogen (secondary N) is 1. The van der Waals surface area contributed by atoms with E-state index in [1.165, 1.54) is 11.3 Å². The molecule has 0 saturated carbocycles. The number of anilines is 2. The van der Waals surface area contributed by atoms with E-state index < -0.39 is 0 Å². The van der Waals surface area contributed by atoms with Crippen molar-refractivity contribution < 1.29 is 9.53 Å². The zero-order valence-corrected chi connectivity index (χ0v) is 13.7. The van der Waals surface area contributed by atoms with E-state index in [1.54, 1.807) is 4.90 Å². The molecule has 1 aromatic carbocycles. The van der Waals surface area contributed by atoms with Gasteiger partial charge in [-0.1, -0.05) is 0 Å². The van der Waals surface area contributed by atoms with E-state index in [0.29, 0.717) is 19.7 Å². The number of aryl methyl sites for hydroxylation is 1. The van der Waals surface area contributed by atoms with Crippen molar-refractivity contribution in [3.63, 3.8) is 0 Å². The van der Waals surface area contributed by atoms with Gasteiger partial charge in [0.1, 0.15) is 17.6 Å². The highest BCUT2D eigenvalue weighted by atomic mass is 32.1. The van der Waals surface area contributed by atoms with Gasteiger partial charge in [0.25, 0.3) is 5.91 Å². The van der Waals surface area contributed by atoms with Crippen LogP contribution in [0.5, 0.6) is 0 Å². The van der Waals surface area contributed by atoms with Crippen molar-refractivity contribution >= 4 is 28.6 Å². The molecule has 1 amide bonds. The maximum atomic E-state index is 11.9. The number of thiophene rings is 1. The van der Waals surface area contributed by atoms with E-state index in [9.17, 15) is 4.79 Å². The first-order valence-electron chi connectivity index (χ1n) is 7.39. The van der Waals surface area contributed by atoms with Crippen LogP contribution in [0.2, 0.25) is 0 Å². The Labute approximate surface area is 139 Å². The lowest BCUT2D eigenvalue weighted by molar-refractivity contribution is -0.125. The van der Waals surface area contributed by atoms with Gasteiger partial charge in [-0.05, 0) is 42.8 Å². The molecule has 0 radical (unpaired) electrons. The van der Waals surface area contributed by atoms with Crippen LogP contribution in [0.25, 0.3) is 0 Å². The zero-order valence-electron chi connectivity index (χ0n) is 12.8. The lowest BCUT2D eigenvalue weighted by Crippen LogP contribution is -2.42. The highest BCUT2D eigenvalue weighted by Crippen LogP contribution is 2.25. The van der Waals surface area contributed by atoms with Gasteiger partial charge in [-0.25, -0.2) is 0 Å². The predicted molar refractivity (Wildman–Crippen MR) is 90.7 cm³/mol. The van der Waals surface area contributed by atoms with Crippen molar-refractivity contribution in [2.24, 2.45) is 0 Å². The Bertz CT molecular complexity index is 763. The molecule has 5 nitrogen and oxygen atoms in total. The molecule has 0 aliphatic carbocycles. The molecule has 23 heavy (non-hydrogen) atoms. The molecule has 1 aliphatic heterocycles. The van der Waals surface area contributed by atoms with Gasteiger partial charge in [-0.15, -0.1) is 11.3 Å². The van der Waals surface area contributed by atoms with Crippen LogP contribution in [-0.2, 0) is 16.1 Å². The molecule has 0 spiro atoms. The number of rotatable bonds is 4. The molecule has 1 saturated heterocycles. The van der Waals surface area contributed by atoms with Gasteiger partial charge < -0.3 is 15.0 Å². The predicted octanol–water partition coefficient (Wildman–Crippen LogP) is 2.90. The molecular formula is C17H17N3O2S. The monoisotopic (exact) mass is 327 g/mol.